The number of esters is 2. The second-order valence-corrected chi connectivity index (χ2v) is 5.36. The van der Waals surface area contributed by atoms with Crippen molar-refractivity contribution in [1.29, 1.82) is 0 Å². The molecule has 0 radical (unpaired) electrons. The largest absolute Gasteiger partial charge is 0.496 e. The van der Waals surface area contributed by atoms with E-state index in [0.717, 1.165) is 10.5 Å². The highest BCUT2D eigenvalue weighted by atomic mass is 16.6. The van der Waals surface area contributed by atoms with Gasteiger partial charge in [0, 0.05) is 0 Å². The zero-order chi connectivity index (χ0) is 19.1. The molecule has 0 unspecified atom stereocenters. The fourth-order valence-corrected chi connectivity index (χ4v) is 2.60. The molecule has 8 nitrogen and oxygen atoms in total. The second kappa shape index (κ2) is 8.89. The van der Waals surface area contributed by atoms with E-state index in [1.165, 1.54) is 14.2 Å². The summed E-state index contributed by atoms with van der Waals surface area (Å²) in [5.41, 5.74) is 0.735. The van der Waals surface area contributed by atoms with Crippen LogP contribution >= 0.6 is 0 Å². The highest BCUT2D eigenvalue weighted by Gasteiger charge is 2.46. The molecule has 1 aromatic carbocycles. The molecule has 26 heavy (non-hydrogen) atoms. The number of rotatable bonds is 6. The van der Waals surface area contributed by atoms with Crippen molar-refractivity contribution in [3.05, 3.63) is 47.2 Å². The number of amides is 1. The predicted molar refractivity (Wildman–Crippen MR) is 89.8 cm³/mol. The van der Waals surface area contributed by atoms with Gasteiger partial charge in [-0.1, -0.05) is 30.3 Å². The van der Waals surface area contributed by atoms with Gasteiger partial charge >= 0.3 is 18.0 Å². The SMILES string of the molecule is CCOC1=C(C(=O)OC)[C@@H](C(=O)OC)N(C(=O)OCc2ccccc2)C1. The molecular formula is C18H21NO7. The van der Waals surface area contributed by atoms with Gasteiger partial charge in [-0.25, -0.2) is 14.4 Å². The monoisotopic (exact) mass is 363 g/mol. The summed E-state index contributed by atoms with van der Waals surface area (Å²) in [5.74, 6) is -1.36. The summed E-state index contributed by atoms with van der Waals surface area (Å²) in [6, 6.07) is 7.82. The van der Waals surface area contributed by atoms with Crippen molar-refractivity contribution < 1.29 is 33.3 Å². The third-order valence-corrected chi connectivity index (χ3v) is 3.79. The van der Waals surface area contributed by atoms with Crippen LogP contribution in [0.15, 0.2) is 41.7 Å². The summed E-state index contributed by atoms with van der Waals surface area (Å²) < 4.78 is 20.2. The fraction of sp³-hybridized carbons (Fsp3) is 0.389. The van der Waals surface area contributed by atoms with Crippen LogP contribution < -0.4 is 0 Å². The highest BCUT2D eigenvalue weighted by molar-refractivity contribution is 6.01. The van der Waals surface area contributed by atoms with E-state index in [-0.39, 0.29) is 31.1 Å². The van der Waals surface area contributed by atoms with Gasteiger partial charge in [0.15, 0.2) is 6.04 Å². The number of hydrogen-bond acceptors (Lipinski definition) is 7. The Balaban J connectivity index is 2.22. The minimum atomic E-state index is -1.28. The summed E-state index contributed by atoms with van der Waals surface area (Å²) >= 11 is 0. The zero-order valence-electron chi connectivity index (χ0n) is 14.9. The lowest BCUT2D eigenvalue weighted by molar-refractivity contribution is -0.147. The summed E-state index contributed by atoms with van der Waals surface area (Å²) in [6.45, 7) is 1.93. The Kier molecular flexibility index (Phi) is 6.60. The average molecular weight is 363 g/mol. The van der Waals surface area contributed by atoms with Gasteiger partial charge in [0.1, 0.15) is 17.9 Å². The molecule has 0 bridgehead atoms. The summed E-state index contributed by atoms with van der Waals surface area (Å²) in [5, 5.41) is 0. The van der Waals surface area contributed by atoms with Gasteiger partial charge in [0.25, 0.3) is 0 Å². The van der Waals surface area contributed by atoms with Crippen molar-refractivity contribution in [2.45, 2.75) is 19.6 Å². The van der Waals surface area contributed by atoms with Crippen molar-refractivity contribution in [1.82, 2.24) is 4.90 Å². The number of hydrogen-bond donors (Lipinski definition) is 0. The lowest BCUT2D eigenvalue weighted by Crippen LogP contribution is -2.44. The van der Waals surface area contributed by atoms with E-state index >= 15 is 0 Å². The van der Waals surface area contributed by atoms with Crippen LogP contribution in [0.4, 0.5) is 4.79 Å². The molecule has 0 fully saturated rings. The van der Waals surface area contributed by atoms with E-state index in [9.17, 15) is 14.4 Å². The second-order valence-electron chi connectivity index (χ2n) is 5.36. The van der Waals surface area contributed by atoms with Crippen LogP contribution in [-0.4, -0.2) is 56.3 Å². The van der Waals surface area contributed by atoms with Crippen molar-refractivity contribution in [3.8, 4) is 0 Å². The Hall–Kier alpha value is -3.03. The summed E-state index contributed by atoms with van der Waals surface area (Å²) in [7, 11) is 2.35. The molecule has 140 valence electrons. The standard InChI is InChI=1S/C18H21NO7/c1-4-25-13-10-19(15(17(21)24-3)14(13)16(20)23-2)18(22)26-11-12-8-6-5-7-9-12/h5-9,15H,4,10-11H2,1-3H3/t15-/m0/s1. The summed E-state index contributed by atoms with van der Waals surface area (Å²) in [4.78, 5) is 38.0. The van der Waals surface area contributed by atoms with Gasteiger partial charge in [-0.15, -0.1) is 0 Å². The average Bonchev–Trinajstić information content (AvgIpc) is 3.05. The molecule has 8 heteroatoms. The number of nitrogens with zero attached hydrogens (tertiary/aromatic N) is 1. The molecule has 0 aromatic heterocycles. The molecule has 1 aliphatic heterocycles. The number of benzene rings is 1. The van der Waals surface area contributed by atoms with E-state index in [1.807, 2.05) is 18.2 Å². The quantitative estimate of drug-likeness (QED) is 0.560. The van der Waals surface area contributed by atoms with E-state index in [0.29, 0.717) is 0 Å². The maximum atomic E-state index is 12.5. The van der Waals surface area contributed by atoms with Crippen LogP contribution in [0.25, 0.3) is 0 Å². The molecule has 1 atom stereocenters. The van der Waals surface area contributed by atoms with E-state index in [1.54, 1.807) is 19.1 Å². The first-order chi connectivity index (χ1) is 12.5. The third-order valence-electron chi connectivity index (χ3n) is 3.79. The van der Waals surface area contributed by atoms with Crippen LogP contribution in [0.3, 0.4) is 0 Å². The minimum Gasteiger partial charge on any atom is -0.496 e. The van der Waals surface area contributed by atoms with Crippen molar-refractivity contribution in [3.63, 3.8) is 0 Å². The maximum Gasteiger partial charge on any atom is 0.411 e. The van der Waals surface area contributed by atoms with Gasteiger partial charge in [0.05, 0.1) is 27.4 Å². The van der Waals surface area contributed by atoms with E-state index < -0.39 is 24.1 Å². The van der Waals surface area contributed by atoms with Gasteiger partial charge in [-0.3, -0.25) is 4.90 Å². The van der Waals surface area contributed by atoms with Crippen LogP contribution in [0, 0.1) is 0 Å². The summed E-state index contributed by atoms with van der Waals surface area (Å²) in [6.07, 6.45) is -0.764. The number of methoxy groups -OCH3 is 2. The van der Waals surface area contributed by atoms with Gasteiger partial charge in [-0.2, -0.15) is 0 Å². The smallest absolute Gasteiger partial charge is 0.411 e. The fourth-order valence-electron chi connectivity index (χ4n) is 2.60. The molecule has 1 aliphatic rings. The Bertz CT molecular complexity index is 699. The van der Waals surface area contributed by atoms with Crippen LogP contribution in [-0.2, 0) is 35.1 Å². The molecular weight excluding hydrogens is 342 g/mol. The maximum absolute atomic E-state index is 12.5. The lowest BCUT2D eigenvalue weighted by atomic mass is 10.1. The highest BCUT2D eigenvalue weighted by Crippen LogP contribution is 2.28. The molecule has 1 aromatic rings. The van der Waals surface area contributed by atoms with Gasteiger partial charge < -0.3 is 18.9 Å². The minimum absolute atomic E-state index is 0.0294. The van der Waals surface area contributed by atoms with Gasteiger partial charge in [-0.05, 0) is 12.5 Å². The number of ether oxygens (including phenoxy) is 4. The molecule has 0 saturated carbocycles. The van der Waals surface area contributed by atoms with Crippen LogP contribution in [0.1, 0.15) is 12.5 Å². The molecule has 0 saturated heterocycles. The van der Waals surface area contributed by atoms with Crippen LogP contribution in [0.5, 0.6) is 0 Å². The molecule has 0 aliphatic carbocycles. The number of carbonyl (C=O) groups excluding carboxylic acids is 3. The van der Waals surface area contributed by atoms with Crippen molar-refractivity contribution in [2.75, 3.05) is 27.4 Å². The first-order valence-corrected chi connectivity index (χ1v) is 8.02. The Morgan fingerprint density at radius 3 is 2.38 bits per heavy atom. The van der Waals surface area contributed by atoms with Crippen molar-refractivity contribution in [2.24, 2.45) is 0 Å². The molecule has 0 N–H and O–H groups in total. The molecule has 1 amide bonds. The van der Waals surface area contributed by atoms with Crippen LogP contribution in [0.2, 0.25) is 0 Å². The van der Waals surface area contributed by atoms with E-state index in [2.05, 4.69) is 0 Å². The normalized spacial score (nSPS) is 16.3. The van der Waals surface area contributed by atoms with Crippen molar-refractivity contribution >= 4 is 18.0 Å². The van der Waals surface area contributed by atoms with E-state index in [4.69, 9.17) is 18.9 Å². The topological polar surface area (TPSA) is 91.4 Å². The molecule has 2 rings (SSSR count). The third kappa shape index (κ3) is 4.14. The number of carbonyl (C=O) groups is 3. The Labute approximate surface area is 151 Å². The molecule has 1 heterocycles. The molecule has 0 spiro atoms. The lowest BCUT2D eigenvalue weighted by Gasteiger charge is -2.23. The van der Waals surface area contributed by atoms with Gasteiger partial charge in [0.2, 0.25) is 0 Å². The first kappa shape index (κ1) is 19.3. The predicted octanol–water partition coefficient (Wildman–Crippen LogP) is 1.64. The zero-order valence-corrected chi connectivity index (χ0v) is 14.9. The Morgan fingerprint density at radius 1 is 1.12 bits per heavy atom. The first-order valence-electron chi connectivity index (χ1n) is 8.02. The Morgan fingerprint density at radius 2 is 1.81 bits per heavy atom.